The van der Waals surface area contributed by atoms with E-state index in [1.165, 1.54) is 37.8 Å². The van der Waals surface area contributed by atoms with Crippen molar-refractivity contribution >= 4 is 11.6 Å². The summed E-state index contributed by atoms with van der Waals surface area (Å²) in [5.41, 5.74) is 1.90. The zero-order valence-electron chi connectivity index (χ0n) is 9.51. The van der Waals surface area contributed by atoms with Crippen molar-refractivity contribution in [1.29, 1.82) is 0 Å². The van der Waals surface area contributed by atoms with Gasteiger partial charge in [0, 0.05) is 18.1 Å². The van der Waals surface area contributed by atoms with E-state index < -0.39 is 0 Å². The van der Waals surface area contributed by atoms with Crippen molar-refractivity contribution < 1.29 is 0 Å². The van der Waals surface area contributed by atoms with E-state index in [1.54, 1.807) is 0 Å². The molecule has 0 saturated heterocycles. The molecule has 3 rings (SSSR count). The molecule has 1 nitrogen and oxygen atoms in total. The molecule has 1 aromatic carbocycles. The summed E-state index contributed by atoms with van der Waals surface area (Å²) in [6, 6.07) is 8.10. The monoisotopic (exact) mass is 235 g/mol. The first-order valence-electron chi connectivity index (χ1n) is 6.24. The Labute approximate surface area is 102 Å². The van der Waals surface area contributed by atoms with Gasteiger partial charge in [0.05, 0.1) is 0 Å². The molecule has 2 saturated carbocycles. The number of hydrogen-bond acceptors (Lipinski definition) is 1. The summed E-state index contributed by atoms with van der Waals surface area (Å²) in [6.07, 6.45) is 5.81. The van der Waals surface area contributed by atoms with Crippen LogP contribution in [0.15, 0.2) is 24.3 Å². The summed E-state index contributed by atoms with van der Waals surface area (Å²) in [6.45, 7) is 2.09. The van der Waals surface area contributed by atoms with E-state index in [4.69, 9.17) is 11.6 Å². The van der Waals surface area contributed by atoms with Gasteiger partial charge < -0.3 is 5.32 Å². The smallest absolute Gasteiger partial charge is 0.0450 e. The van der Waals surface area contributed by atoms with E-state index >= 15 is 0 Å². The molecule has 16 heavy (non-hydrogen) atoms. The molecule has 2 heteroatoms. The molecular formula is C14H18ClN. The van der Waals surface area contributed by atoms with Gasteiger partial charge in [-0.25, -0.2) is 0 Å². The van der Waals surface area contributed by atoms with Crippen molar-refractivity contribution in [2.45, 2.75) is 32.2 Å². The normalized spacial score (nSPS) is 22.1. The summed E-state index contributed by atoms with van der Waals surface area (Å²) in [4.78, 5) is 0. The minimum absolute atomic E-state index is 0.682. The Morgan fingerprint density at radius 3 is 2.62 bits per heavy atom. The van der Waals surface area contributed by atoms with Gasteiger partial charge in [-0.2, -0.15) is 0 Å². The summed E-state index contributed by atoms with van der Waals surface area (Å²) in [5, 5.41) is 4.46. The molecule has 0 unspecified atom stereocenters. The predicted molar refractivity (Wildman–Crippen MR) is 67.5 cm³/mol. The first kappa shape index (κ1) is 10.6. The van der Waals surface area contributed by atoms with Crippen molar-refractivity contribution in [1.82, 2.24) is 5.32 Å². The highest BCUT2D eigenvalue weighted by Gasteiger charge is 2.53. The molecule has 0 bridgehead atoms. The minimum Gasteiger partial charge on any atom is -0.312 e. The van der Waals surface area contributed by atoms with Gasteiger partial charge in [-0.3, -0.25) is 0 Å². The van der Waals surface area contributed by atoms with Gasteiger partial charge in [-0.1, -0.05) is 29.8 Å². The van der Waals surface area contributed by atoms with E-state index in [0.29, 0.717) is 5.41 Å². The third-order valence-electron chi connectivity index (χ3n) is 4.09. The molecule has 0 spiro atoms. The third kappa shape index (κ3) is 2.11. The summed E-state index contributed by atoms with van der Waals surface area (Å²) in [7, 11) is 0. The average Bonchev–Trinajstić information content (AvgIpc) is 3.15. The van der Waals surface area contributed by atoms with Crippen LogP contribution < -0.4 is 5.32 Å². The molecule has 0 aliphatic heterocycles. The quantitative estimate of drug-likeness (QED) is 0.822. The number of rotatable bonds is 5. The molecule has 0 radical (unpaired) electrons. The van der Waals surface area contributed by atoms with Crippen LogP contribution in [0.4, 0.5) is 0 Å². The standard InChI is InChI=1S/C14H18ClN/c15-13-4-2-1-3-11(13)9-16-10-14(7-8-14)12-5-6-12/h1-4,12,16H,5-10H2. The molecule has 86 valence electrons. The lowest BCUT2D eigenvalue weighted by Gasteiger charge is -2.15. The van der Waals surface area contributed by atoms with Crippen LogP contribution in [0, 0.1) is 11.3 Å². The fourth-order valence-corrected chi connectivity index (χ4v) is 2.88. The Balaban J connectivity index is 1.52. The maximum Gasteiger partial charge on any atom is 0.0450 e. The largest absolute Gasteiger partial charge is 0.312 e. The van der Waals surface area contributed by atoms with Crippen molar-refractivity contribution in [2.24, 2.45) is 11.3 Å². The molecule has 0 atom stereocenters. The maximum atomic E-state index is 6.12. The van der Waals surface area contributed by atoms with Gasteiger partial charge >= 0.3 is 0 Å². The highest BCUT2D eigenvalue weighted by molar-refractivity contribution is 6.31. The lowest BCUT2D eigenvalue weighted by Crippen LogP contribution is -2.25. The molecule has 2 fully saturated rings. The number of benzene rings is 1. The van der Waals surface area contributed by atoms with Crippen LogP contribution in [0.25, 0.3) is 0 Å². The highest BCUT2D eigenvalue weighted by atomic mass is 35.5. The average molecular weight is 236 g/mol. The zero-order chi connectivity index (χ0) is 11.0. The Morgan fingerprint density at radius 2 is 2.00 bits per heavy atom. The van der Waals surface area contributed by atoms with Crippen LogP contribution in [0.3, 0.4) is 0 Å². The second-order valence-corrected chi connectivity index (χ2v) is 5.74. The van der Waals surface area contributed by atoms with Crippen molar-refractivity contribution in [2.75, 3.05) is 6.54 Å². The fraction of sp³-hybridized carbons (Fsp3) is 0.571. The van der Waals surface area contributed by atoms with Crippen LogP contribution >= 0.6 is 11.6 Å². The van der Waals surface area contributed by atoms with E-state index in [9.17, 15) is 0 Å². The fourth-order valence-electron chi connectivity index (χ4n) is 2.67. The summed E-state index contributed by atoms with van der Waals surface area (Å²) >= 11 is 6.12. The number of hydrogen-bond donors (Lipinski definition) is 1. The molecule has 0 aromatic heterocycles. The molecule has 0 amide bonds. The highest BCUT2D eigenvalue weighted by Crippen LogP contribution is 2.60. The Kier molecular flexibility index (Phi) is 2.68. The van der Waals surface area contributed by atoms with Crippen molar-refractivity contribution in [3.05, 3.63) is 34.9 Å². The van der Waals surface area contributed by atoms with Gasteiger partial charge in [0.2, 0.25) is 0 Å². The summed E-state index contributed by atoms with van der Waals surface area (Å²) < 4.78 is 0. The third-order valence-corrected chi connectivity index (χ3v) is 4.45. The van der Waals surface area contributed by atoms with Crippen LogP contribution in [0.2, 0.25) is 5.02 Å². The van der Waals surface area contributed by atoms with Gasteiger partial charge in [-0.05, 0) is 48.6 Å². The summed E-state index contributed by atoms with van der Waals surface area (Å²) in [5.74, 6) is 1.03. The van der Waals surface area contributed by atoms with E-state index in [2.05, 4.69) is 17.4 Å². The second-order valence-electron chi connectivity index (χ2n) is 5.33. The lowest BCUT2D eigenvalue weighted by atomic mass is 10.0. The van der Waals surface area contributed by atoms with E-state index in [0.717, 1.165) is 17.5 Å². The van der Waals surface area contributed by atoms with E-state index in [-0.39, 0.29) is 0 Å². The first-order chi connectivity index (χ1) is 7.80. The molecule has 0 heterocycles. The molecule has 2 aliphatic rings. The minimum atomic E-state index is 0.682. The Hall–Kier alpha value is -0.530. The second kappa shape index (κ2) is 4.05. The first-order valence-corrected chi connectivity index (χ1v) is 6.62. The zero-order valence-corrected chi connectivity index (χ0v) is 10.3. The number of nitrogens with one attached hydrogen (secondary N) is 1. The Morgan fingerprint density at radius 1 is 1.25 bits per heavy atom. The maximum absolute atomic E-state index is 6.12. The van der Waals surface area contributed by atoms with Gasteiger partial charge in [0.25, 0.3) is 0 Å². The lowest BCUT2D eigenvalue weighted by molar-refractivity contribution is 0.403. The van der Waals surface area contributed by atoms with Crippen LogP contribution in [0.1, 0.15) is 31.2 Å². The van der Waals surface area contributed by atoms with Crippen LogP contribution in [0.5, 0.6) is 0 Å². The predicted octanol–water partition coefficient (Wildman–Crippen LogP) is 3.62. The van der Waals surface area contributed by atoms with Gasteiger partial charge in [-0.15, -0.1) is 0 Å². The molecule has 1 N–H and O–H groups in total. The SMILES string of the molecule is Clc1ccccc1CNCC1(C2CC2)CC1. The van der Waals surface area contributed by atoms with Crippen molar-refractivity contribution in [3.63, 3.8) is 0 Å². The van der Waals surface area contributed by atoms with Gasteiger partial charge in [0.15, 0.2) is 0 Å². The van der Waals surface area contributed by atoms with E-state index in [1.807, 2.05) is 12.1 Å². The molecule has 1 aromatic rings. The molecule has 2 aliphatic carbocycles. The number of halogens is 1. The molecular weight excluding hydrogens is 218 g/mol. The van der Waals surface area contributed by atoms with Crippen molar-refractivity contribution in [3.8, 4) is 0 Å². The van der Waals surface area contributed by atoms with Gasteiger partial charge in [0.1, 0.15) is 0 Å². The van der Waals surface area contributed by atoms with Crippen LogP contribution in [-0.4, -0.2) is 6.54 Å². The van der Waals surface area contributed by atoms with Crippen LogP contribution in [-0.2, 0) is 6.54 Å². The Bertz CT molecular complexity index is 380. The topological polar surface area (TPSA) is 12.0 Å².